The molecule has 116 valence electrons. The van der Waals surface area contributed by atoms with Crippen LogP contribution in [0.15, 0.2) is 0 Å². The quantitative estimate of drug-likeness (QED) is 0.574. The molecule has 1 nitrogen and oxygen atoms in total. The van der Waals surface area contributed by atoms with Gasteiger partial charge in [-0.1, -0.05) is 64.2 Å². The Bertz CT molecular complexity index is 259. The average Bonchev–Trinajstić information content (AvgIpc) is 2.81. The Kier molecular flexibility index (Phi) is 5.42. The monoisotopic (exact) mass is 277 g/mol. The summed E-state index contributed by atoms with van der Waals surface area (Å²) < 4.78 is 0. The first kappa shape index (κ1) is 14.9. The molecule has 0 aromatic rings. The third kappa shape index (κ3) is 3.24. The molecule has 3 fully saturated rings. The number of fused-ring (bicyclic) bond motifs is 3. The average molecular weight is 277 g/mol. The highest BCUT2D eigenvalue weighted by Crippen LogP contribution is 2.45. The molecular formula is C19H35N. The Morgan fingerprint density at radius 3 is 1.30 bits per heavy atom. The van der Waals surface area contributed by atoms with E-state index < -0.39 is 0 Å². The van der Waals surface area contributed by atoms with Crippen molar-refractivity contribution in [1.82, 2.24) is 4.90 Å². The second kappa shape index (κ2) is 7.29. The lowest BCUT2D eigenvalue weighted by molar-refractivity contribution is 0.195. The van der Waals surface area contributed by atoms with Crippen molar-refractivity contribution in [2.24, 2.45) is 11.8 Å². The molecule has 1 aliphatic heterocycles. The molecule has 3 rings (SSSR count). The van der Waals surface area contributed by atoms with Gasteiger partial charge in [0.15, 0.2) is 0 Å². The van der Waals surface area contributed by atoms with Crippen molar-refractivity contribution < 1.29 is 0 Å². The molecular weight excluding hydrogens is 242 g/mol. The Hall–Kier alpha value is -0.0400. The molecule has 1 saturated heterocycles. The lowest BCUT2D eigenvalue weighted by Crippen LogP contribution is -2.34. The normalized spacial score (nSPS) is 41.2. The van der Waals surface area contributed by atoms with E-state index in [1.54, 1.807) is 0 Å². The van der Waals surface area contributed by atoms with Crippen LogP contribution in [0.2, 0.25) is 0 Å². The van der Waals surface area contributed by atoms with Crippen molar-refractivity contribution in [1.29, 1.82) is 0 Å². The Morgan fingerprint density at radius 1 is 0.500 bits per heavy atom. The fourth-order valence-electron chi connectivity index (χ4n) is 5.60. The number of hydrogen-bond donors (Lipinski definition) is 0. The van der Waals surface area contributed by atoms with Crippen molar-refractivity contribution in [3.05, 3.63) is 0 Å². The molecule has 4 unspecified atom stereocenters. The van der Waals surface area contributed by atoms with Gasteiger partial charge in [0.25, 0.3) is 0 Å². The van der Waals surface area contributed by atoms with Crippen molar-refractivity contribution in [3.63, 3.8) is 0 Å². The largest absolute Gasteiger partial charge is 0.300 e. The van der Waals surface area contributed by atoms with E-state index in [1.165, 1.54) is 89.9 Å². The van der Waals surface area contributed by atoms with Crippen LogP contribution in [0.5, 0.6) is 0 Å². The Morgan fingerprint density at radius 2 is 0.850 bits per heavy atom. The predicted molar refractivity (Wildman–Crippen MR) is 87.0 cm³/mol. The summed E-state index contributed by atoms with van der Waals surface area (Å²) in [6.07, 6.45) is 21.1. The maximum absolute atomic E-state index is 2.85. The van der Waals surface area contributed by atoms with Gasteiger partial charge in [0.1, 0.15) is 0 Å². The second-order valence-corrected chi connectivity index (χ2v) is 7.82. The van der Waals surface area contributed by atoms with Gasteiger partial charge in [-0.15, -0.1) is 0 Å². The smallest absolute Gasteiger partial charge is 0.0127 e. The molecule has 0 N–H and O–H groups in total. The second-order valence-electron chi connectivity index (χ2n) is 7.82. The molecule has 0 aromatic heterocycles. The van der Waals surface area contributed by atoms with Crippen LogP contribution in [0.4, 0.5) is 0 Å². The summed E-state index contributed by atoms with van der Waals surface area (Å²) in [5.41, 5.74) is 0. The van der Waals surface area contributed by atoms with Crippen molar-refractivity contribution >= 4 is 0 Å². The van der Waals surface area contributed by atoms with E-state index in [2.05, 4.69) is 11.9 Å². The minimum absolute atomic E-state index is 0.933. The summed E-state index contributed by atoms with van der Waals surface area (Å²) >= 11 is 0. The Labute approximate surface area is 126 Å². The highest BCUT2D eigenvalue weighted by Gasteiger charge is 2.45. The van der Waals surface area contributed by atoms with Crippen LogP contribution in [0, 0.1) is 11.8 Å². The summed E-state index contributed by atoms with van der Waals surface area (Å²) in [5.74, 6) is 2.09. The van der Waals surface area contributed by atoms with Gasteiger partial charge in [-0.2, -0.15) is 0 Å². The van der Waals surface area contributed by atoms with Gasteiger partial charge in [-0.05, 0) is 44.6 Å². The SMILES string of the molecule is CN1C2CCCCCCCC2C2CCCCCCCC21. The standard InChI is InChI=1S/C19H35N/c1-20-18-14-10-6-2-4-8-12-16(18)17-13-9-5-3-7-11-15-19(17)20/h16-19H,2-15H2,1H3. The molecule has 3 aliphatic rings. The number of rotatable bonds is 0. The number of nitrogens with zero attached hydrogens (tertiary/aromatic N) is 1. The lowest BCUT2D eigenvalue weighted by atomic mass is 9.79. The van der Waals surface area contributed by atoms with E-state index in [4.69, 9.17) is 0 Å². The molecule has 2 aliphatic carbocycles. The summed E-state index contributed by atoms with van der Waals surface area (Å²) in [5, 5.41) is 0. The maximum Gasteiger partial charge on any atom is 0.0127 e. The zero-order chi connectivity index (χ0) is 13.8. The van der Waals surface area contributed by atoms with Gasteiger partial charge in [-0.3, -0.25) is 4.90 Å². The molecule has 20 heavy (non-hydrogen) atoms. The summed E-state index contributed by atoms with van der Waals surface area (Å²) in [7, 11) is 2.47. The summed E-state index contributed by atoms with van der Waals surface area (Å²) in [4.78, 5) is 2.85. The van der Waals surface area contributed by atoms with Gasteiger partial charge in [0.05, 0.1) is 0 Å². The summed E-state index contributed by atoms with van der Waals surface area (Å²) in [6, 6.07) is 1.87. The van der Waals surface area contributed by atoms with Crippen LogP contribution in [0.25, 0.3) is 0 Å². The molecule has 1 heteroatoms. The van der Waals surface area contributed by atoms with Crippen molar-refractivity contribution in [2.75, 3.05) is 7.05 Å². The maximum atomic E-state index is 2.85. The van der Waals surface area contributed by atoms with Crippen LogP contribution in [0.1, 0.15) is 89.9 Å². The van der Waals surface area contributed by atoms with E-state index in [-0.39, 0.29) is 0 Å². The van der Waals surface area contributed by atoms with Gasteiger partial charge < -0.3 is 0 Å². The van der Waals surface area contributed by atoms with Crippen LogP contribution < -0.4 is 0 Å². The molecule has 4 atom stereocenters. The van der Waals surface area contributed by atoms with Gasteiger partial charge in [0, 0.05) is 12.1 Å². The van der Waals surface area contributed by atoms with E-state index in [1.807, 2.05) is 0 Å². The third-order valence-corrected chi connectivity index (χ3v) is 6.66. The van der Waals surface area contributed by atoms with Crippen LogP contribution in [-0.4, -0.2) is 24.0 Å². The van der Waals surface area contributed by atoms with Crippen LogP contribution in [-0.2, 0) is 0 Å². The first-order valence-corrected chi connectivity index (χ1v) is 9.60. The first-order valence-electron chi connectivity index (χ1n) is 9.60. The number of likely N-dealkylation sites (tertiary alicyclic amines) is 1. The van der Waals surface area contributed by atoms with E-state index >= 15 is 0 Å². The fraction of sp³-hybridized carbons (Fsp3) is 1.00. The van der Waals surface area contributed by atoms with Crippen molar-refractivity contribution in [3.8, 4) is 0 Å². The molecule has 2 saturated carbocycles. The Balaban J connectivity index is 1.74. The van der Waals surface area contributed by atoms with E-state index in [9.17, 15) is 0 Å². The molecule has 0 bridgehead atoms. The summed E-state index contributed by atoms with van der Waals surface area (Å²) in [6.45, 7) is 0. The molecule has 0 aromatic carbocycles. The van der Waals surface area contributed by atoms with Gasteiger partial charge in [0.2, 0.25) is 0 Å². The minimum Gasteiger partial charge on any atom is -0.300 e. The minimum atomic E-state index is 0.933. The lowest BCUT2D eigenvalue weighted by Gasteiger charge is -2.27. The third-order valence-electron chi connectivity index (χ3n) is 6.66. The van der Waals surface area contributed by atoms with E-state index in [0.29, 0.717) is 0 Å². The molecule has 1 heterocycles. The molecule has 0 amide bonds. The number of hydrogen-bond acceptors (Lipinski definition) is 1. The zero-order valence-electron chi connectivity index (χ0n) is 13.7. The first-order chi connectivity index (χ1) is 9.88. The fourth-order valence-corrected chi connectivity index (χ4v) is 5.60. The molecule has 0 radical (unpaired) electrons. The highest BCUT2D eigenvalue weighted by atomic mass is 15.2. The van der Waals surface area contributed by atoms with Gasteiger partial charge in [-0.25, -0.2) is 0 Å². The topological polar surface area (TPSA) is 3.24 Å². The van der Waals surface area contributed by atoms with E-state index in [0.717, 1.165) is 23.9 Å². The van der Waals surface area contributed by atoms with Gasteiger partial charge >= 0.3 is 0 Å². The predicted octanol–water partition coefficient (Wildman–Crippen LogP) is 5.39. The van der Waals surface area contributed by atoms with Crippen LogP contribution >= 0.6 is 0 Å². The highest BCUT2D eigenvalue weighted by molar-refractivity contribution is 4.98. The van der Waals surface area contributed by atoms with Crippen LogP contribution in [0.3, 0.4) is 0 Å². The zero-order valence-corrected chi connectivity index (χ0v) is 13.7. The van der Waals surface area contributed by atoms with Crippen molar-refractivity contribution in [2.45, 2.75) is 102 Å². The molecule has 0 spiro atoms.